The van der Waals surface area contributed by atoms with Gasteiger partial charge in [0, 0.05) is 7.11 Å². The minimum atomic E-state index is -0.566. The van der Waals surface area contributed by atoms with Crippen molar-refractivity contribution in [1.82, 2.24) is 0 Å². The molecule has 142 valence electrons. The highest BCUT2D eigenvalue weighted by Gasteiger charge is 2.06. The second-order valence-electron chi connectivity index (χ2n) is 6.31. The van der Waals surface area contributed by atoms with Crippen molar-refractivity contribution in [2.24, 2.45) is 15.0 Å². The van der Waals surface area contributed by atoms with Crippen molar-refractivity contribution in [3.8, 4) is 0 Å². The Kier molecular flexibility index (Phi) is 7.44. The van der Waals surface area contributed by atoms with Crippen LogP contribution in [-0.2, 0) is 9.47 Å². The van der Waals surface area contributed by atoms with Gasteiger partial charge in [-0.3, -0.25) is 9.98 Å². The maximum Gasteiger partial charge on any atom is 0.230 e. The lowest BCUT2D eigenvalue weighted by molar-refractivity contribution is 0.164. The van der Waals surface area contributed by atoms with Gasteiger partial charge in [-0.05, 0) is 49.9 Å². The molecule has 0 bridgehead atoms. The van der Waals surface area contributed by atoms with Gasteiger partial charge >= 0.3 is 0 Å². The molecule has 27 heavy (non-hydrogen) atoms. The lowest BCUT2D eigenvalue weighted by Crippen LogP contribution is -2.15. The van der Waals surface area contributed by atoms with Gasteiger partial charge in [0.1, 0.15) is 0 Å². The molecule has 2 aromatic rings. The molecule has 5 heteroatoms. The van der Waals surface area contributed by atoms with Crippen molar-refractivity contribution in [2.45, 2.75) is 33.9 Å². The fourth-order valence-electron chi connectivity index (χ4n) is 2.69. The molecule has 0 radical (unpaired) electrons. The second-order valence-corrected chi connectivity index (χ2v) is 6.31. The third kappa shape index (κ3) is 5.59. The van der Waals surface area contributed by atoms with Crippen LogP contribution < -0.4 is 0 Å². The van der Waals surface area contributed by atoms with Crippen molar-refractivity contribution in [3.05, 3.63) is 58.7 Å². The van der Waals surface area contributed by atoms with Crippen LogP contribution in [0.3, 0.4) is 0 Å². The molecule has 0 saturated heterocycles. The number of para-hydroxylation sites is 2. The van der Waals surface area contributed by atoms with Gasteiger partial charge in [0.25, 0.3) is 0 Å². The van der Waals surface area contributed by atoms with E-state index in [2.05, 4.69) is 15.0 Å². The summed E-state index contributed by atoms with van der Waals surface area (Å²) in [6.07, 6.45) is 2.71. The summed E-state index contributed by atoms with van der Waals surface area (Å²) in [6.45, 7) is 8.11. The minimum absolute atomic E-state index is 0.373. The standard InChI is InChI=1S/C22H27N3O2/c1-15-9-7-10-16(2)21(15)23-13-19(26-5)25-20(27-6)14-24-22-17(3)11-8-12-18(22)4/h7-14,19H,1-6H3/b23-13?,24-14?,25-20+. The molecule has 5 nitrogen and oxygen atoms in total. The van der Waals surface area contributed by atoms with E-state index in [1.165, 1.54) is 0 Å². The van der Waals surface area contributed by atoms with Crippen LogP contribution >= 0.6 is 0 Å². The molecule has 2 aromatic carbocycles. The molecular formula is C22H27N3O2. The molecule has 0 saturated carbocycles. The normalized spacial score (nSPS) is 13.5. The van der Waals surface area contributed by atoms with Gasteiger partial charge in [0.15, 0.2) is 6.23 Å². The molecule has 1 atom stereocenters. The van der Waals surface area contributed by atoms with Gasteiger partial charge in [0.2, 0.25) is 5.90 Å². The maximum atomic E-state index is 5.41. The first-order valence-corrected chi connectivity index (χ1v) is 8.81. The van der Waals surface area contributed by atoms with E-state index in [9.17, 15) is 0 Å². The monoisotopic (exact) mass is 365 g/mol. The quantitative estimate of drug-likeness (QED) is 0.532. The SMILES string of the molecule is CO/C(C=Nc1c(C)cccc1C)=N/C(C=Nc1c(C)cccc1C)OC. The van der Waals surface area contributed by atoms with Gasteiger partial charge in [-0.1, -0.05) is 36.4 Å². The summed E-state index contributed by atoms with van der Waals surface area (Å²) in [4.78, 5) is 13.5. The average Bonchev–Trinajstić information content (AvgIpc) is 2.64. The number of aryl methyl sites for hydroxylation is 4. The van der Waals surface area contributed by atoms with Crippen molar-refractivity contribution in [2.75, 3.05) is 14.2 Å². The van der Waals surface area contributed by atoms with E-state index in [0.29, 0.717) is 5.90 Å². The Bertz CT molecular complexity index is 829. The number of nitrogens with zero attached hydrogens (tertiary/aromatic N) is 3. The predicted molar refractivity (Wildman–Crippen MR) is 113 cm³/mol. The Hall–Kier alpha value is -2.79. The number of ether oxygens (including phenoxy) is 2. The Morgan fingerprint density at radius 3 is 1.74 bits per heavy atom. The zero-order chi connectivity index (χ0) is 19.8. The summed E-state index contributed by atoms with van der Waals surface area (Å²) in [5.74, 6) is 0.373. The number of methoxy groups -OCH3 is 2. The Balaban J connectivity index is 2.23. The Labute approximate surface area is 161 Å². The van der Waals surface area contributed by atoms with Gasteiger partial charge in [0.05, 0.1) is 30.9 Å². The smallest absolute Gasteiger partial charge is 0.230 e. The van der Waals surface area contributed by atoms with Crippen LogP contribution in [0, 0.1) is 27.7 Å². The van der Waals surface area contributed by atoms with Crippen LogP contribution in [0.1, 0.15) is 22.3 Å². The number of aliphatic imine (C=N–C) groups is 3. The fraction of sp³-hybridized carbons (Fsp3) is 0.318. The second kappa shape index (κ2) is 9.78. The molecule has 0 aliphatic heterocycles. The first-order valence-electron chi connectivity index (χ1n) is 8.81. The first kappa shape index (κ1) is 20.5. The van der Waals surface area contributed by atoms with Crippen molar-refractivity contribution in [3.63, 3.8) is 0 Å². The molecule has 0 N–H and O–H groups in total. The highest BCUT2D eigenvalue weighted by atomic mass is 16.5. The van der Waals surface area contributed by atoms with Crippen molar-refractivity contribution >= 4 is 29.7 Å². The summed E-state index contributed by atoms with van der Waals surface area (Å²) in [6, 6.07) is 12.1. The van der Waals surface area contributed by atoms with Gasteiger partial charge in [-0.2, -0.15) is 0 Å². The number of benzene rings is 2. The van der Waals surface area contributed by atoms with Crippen LogP contribution in [0.25, 0.3) is 0 Å². The third-order valence-electron chi connectivity index (χ3n) is 4.22. The van der Waals surface area contributed by atoms with E-state index in [0.717, 1.165) is 33.6 Å². The average molecular weight is 365 g/mol. The van der Waals surface area contributed by atoms with Crippen LogP contribution in [0.5, 0.6) is 0 Å². The van der Waals surface area contributed by atoms with Gasteiger partial charge in [-0.15, -0.1) is 0 Å². The predicted octanol–water partition coefficient (Wildman–Crippen LogP) is 5.04. The molecule has 2 rings (SSSR count). The summed E-state index contributed by atoms with van der Waals surface area (Å²) >= 11 is 0. The zero-order valence-corrected chi connectivity index (χ0v) is 16.9. The topological polar surface area (TPSA) is 55.5 Å². The number of hydrogen-bond acceptors (Lipinski definition) is 5. The minimum Gasteiger partial charge on any atom is -0.480 e. The first-order chi connectivity index (χ1) is 13.0. The molecule has 0 aromatic heterocycles. The molecular weight excluding hydrogens is 338 g/mol. The van der Waals surface area contributed by atoms with E-state index in [1.54, 1.807) is 26.6 Å². The number of rotatable bonds is 6. The molecule has 0 spiro atoms. The summed E-state index contributed by atoms with van der Waals surface area (Å²) in [5, 5.41) is 0. The Morgan fingerprint density at radius 1 is 0.815 bits per heavy atom. The van der Waals surface area contributed by atoms with E-state index in [-0.39, 0.29) is 0 Å². The summed E-state index contributed by atoms with van der Waals surface area (Å²) in [7, 11) is 3.14. The van der Waals surface area contributed by atoms with Crippen molar-refractivity contribution in [1.29, 1.82) is 0 Å². The molecule has 0 aliphatic rings. The molecule has 0 fully saturated rings. The van der Waals surface area contributed by atoms with Crippen molar-refractivity contribution < 1.29 is 9.47 Å². The van der Waals surface area contributed by atoms with Crippen LogP contribution in [0.4, 0.5) is 11.4 Å². The van der Waals surface area contributed by atoms with E-state index in [1.807, 2.05) is 64.1 Å². The van der Waals surface area contributed by atoms with E-state index < -0.39 is 6.23 Å². The molecule has 0 heterocycles. The van der Waals surface area contributed by atoms with Gasteiger partial charge in [-0.25, -0.2) is 4.99 Å². The fourth-order valence-corrected chi connectivity index (χ4v) is 2.69. The highest BCUT2D eigenvalue weighted by molar-refractivity contribution is 6.27. The van der Waals surface area contributed by atoms with Crippen LogP contribution in [-0.4, -0.2) is 38.8 Å². The van der Waals surface area contributed by atoms with Crippen LogP contribution in [0.15, 0.2) is 51.4 Å². The maximum absolute atomic E-state index is 5.41. The third-order valence-corrected chi connectivity index (χ3v) is 4.22. The number of hydrogen-bond donors (Lipinski definition) is 0. The summed E-state index contributed by atoms with van der Waals surface area (Å²) in [5.41, 5.74) is 6.25. The Morgan fingerprint density at radius 2 is 1.30 bits per heavy atom. The molecule has 0 aliphatic carbocycles. The lowest BCUT2D eigenvalue weighted by atomic mass is 10.1. The molecule has 0 amide bonds. The zero-order valence-electron chi connectivity index (χ0n) is 16.9. The lowest BCUT2D eigenvalue weighted by Gasteiger charge is -2.09. The van der Waals surface area contributed by atoms with Gasteiger partial charge < -0.3 is 9.47 Å². The van der Waals surface area contributed by atoms with E-state index in [4.69, 9.17) is 9.47 Å². The van der Waals surface area contributed by atoms with Crippen LogP contribution in [0.2, 0.25) is 0 Å². The largest absolute Gasteiger partial charge is 0.480 e. The van der Waals surface area contributed by atoms with E-state index >= 15 is 0 Å². The summed E-state index contributed by atoms with van der Waals surface area (Å²) < 4.78 is 10.7. The highest BCUT2D eigenvalue weighted by Crippen LogP contribution is 2.23. The molecule has 1 unspecified atom stereocenters.